The quantitative estimate of drug-likeness (QED) is 0.0898. The lowest BCUT2D eigenvalue weighted by Crippen LogP contribution is -2.38. The van der Waals surface area contributed by atoms with Crippen LogP contribution in [-0.2, 0) is 36.6 Å². The Hall–Kier alpha value is -5.57. The maximum Gasteiger partial charge on any atom is 0.292 e. The van der Waals surface area contributed by atoms with Crippen LogP contribution in [0.1, 0.15) is 47.7 Å². The van der Waals surface area contributed by atoms with Gasteiger partial charge in [0.1, 0.15) is 47.6 Å². The molecule has 2 N–H and O–H groups in total. The fraction of sp³-hybridized carbons (Fsp3) is 0.306. The number of carbonyl (C=O) groups is 1. The van der Waals surface area contributed by atoms with Crippen molar-refractivity contribution in [1.29, 1.82) is 0 Å². The monoisotopic (exact) mass is 852 g/mol. The molecule has 0 aliphatic heterocycles. The molecular weight excluding hydrogens is 824 g/mol. The molecule has 7 rings (SSSR count). The Morgan fingerprint density at radius 1 is 1.03 bits per heavy atom. The molecule has 22 heteroatoms. The molecule has 2 unspecified atom stereocenters. The van der Waals surface area contributed by atoms with E-state index >= 15 is 8.78 Å². The summed E-state index contributed by atoms with van der Waals surface area (Å²) < 4.78 is 121. The summed E-state index contributed by atoms with van der Waals surface area (Å²) in [5.41, 5.74) is -3.49. The first-order chi connectivity index (χ1) is 27.6. The molecular formula is C36H29ClF8N10O2S. The van der Waals surface area contributed by atoms with Crippen LogP contribution in [0, 0.1) is 17.6 Å². The van der Waals surface area contributed by atoms with Gasteiger partial charge in [0, 0.05) is 48.7 Å². The van der Waals surface area contributed by atoms with Crippen molar-refractivity contribution in [3.8, 4) is 17.2 Å². The summed E-state index contributed by atoms with van der Waals surface area (Å²) in [6, 6.07) is 6.05. The van der Waals surface area contributed by atoms with Gasteiger partial charge in [-0.1, -0.05) is 30.5 Å². The molecule has 1 amide bonds. The van der Waals surface area contributed by atoms with E-state index in [2.05, 4.69) is 35.2 Å². The van der Waals surface area contributed by atoms with Crippen LogP contribution in [-0.4, -0.2) is 57.7 Å². The zero-order valence-corrected chi connectivity index (χ0v) is 31.6. The van der Waals surface area contributed by atoms with Gasteiger partial charge in [0.2, 0.25) is 5.91 Å². The van der Waals surface area contributed by atoms with Crippen LogP contribution in [0.3, 0.4) is 0 Å². The van der Waals surface area contributed by atoms with E-state index in [-0.39, 0.29) is 55.9 Å². The first-order valence-corrected chi connectivity index (χ1v) is 18.9. The van der Waals surface area contributed by atoms with E-state index in [4.69, 9.17) is 11.6 Å². The van der Waals surface area contributed by atoms with Gasteiger partial charge in [-0.2, -0.15) is 19.0 Å². The van der Waals surface area contributed by atoms with Crippen molar-refractivity contribution in [2.24, 2.45) is 5.92 Å². The number of anilines is 1. The fourth-order valence-corrected chi connectivity index (χ4v) is 7.57. The van der Waals surface area contributed by atoms with Gasteiger partial charge in [0.05, 0.1) is 27.7 Å². The minimum atomic E-state index is -3.63. The Morgan fingerprint density at radius 2 is 1.74 bits per heavy atom. The van der Waals surface area contributed by atoms with Gasteiger partial charge in [0.15, 0.2) is 11.6 Å². The average molecular weight is 853 g/mol. The predicted octanol–water partition coefficient (Wildman–Crippen LogP) is 7.44. The van der Waals surface area contributed by atoms with E-state index in [1.54, 1.807) is 6.26 Å². The third-order valence-electron chi connectivity index (χ3n) is 9.35. The summed E-state index contributed by atoms with van der Waals surface area (Å²) in [6.45, 7) is -0.829. The highest BCUT2D eigenvalue weighted by atomic mass is 35.5. The summed E-state index contributed by atoms with van der Waals surface area (Å²) >= 11 is 7.65. The first kappa shape index (κ1) is 40.6. The summed E-state index contributed by atoms with van der Waals surface area (Å²) in [5.74, 6) is -8.54. The first-order valence-electron chi connectivity index (χ1n) is 17.3. The van der Waals surface area contributed by atoms with Gasteiger partial charge in [-0.25, -0.2) is 41.3 Å². The number of alkyl halides is 6. The Morgan fingerprint density at radius 3 is 2.40 bits per heavy atom. The Labute approximate surface area is 331 Å². The Balaban J connectivity index is 1.45. The topological polar surface area (TPSA) is 137 Å². The third-order valence-corrected chi connectivity index (χ3v) is 10.1. The third kappa shape index (κ3) is 7.71. The standard InChI is InChI=1S/C36H29ClF8N10O2S/c1-16-8-20-29(32(42)43)50-54(31(20)36(16,44)45)15-26(56)48-23(11-17-9-18(38)12-19(39)10-17)35-49-22(33-46-6-3-7-47-33)13-27(57)55(35)24-5-4-21(37)28-30(24)53(14-25(40)41)51-34(28)52-58-2/h3-7,9-10,12-13,16,23,25,32H,8,11,14-15H2,1-2H3,(H,48,56)(H,51,52). The van der Waals surface area contributed by atoms with Crippen LogP contribution < -0.4 is 15.6 Å². The maximum atomic E-state index is 15.4. The van der Waals surface area contributed by atoms with Crippen molar-refractivity contribution in [2.75, 3.05) is 11.0 Å². The zero-order chi connectivity index (χ0) is 41.6. The van der Waals surface area contributed by atoms with Crippen molar-refractivity contribution in [2.45, 2.75) is 57.7 Å². The number of carbonyl (C=O) groups excluding carboxylic acids is 1. The SMILES string of the molecule is CSNc1nn(CC(F)F)c2c(-n3c(C(Cc4cc(F)cc(F)c4)NC(=O)Cn4nc(C(F)F)c5c4C(F)(F)C(C)C5)nc(-c4ncccn4)cc3=O)ccc(Cl)c12. The molecule has 2 aromatic carbocycles. The number of benzene rings is 2. The van der Waals surface area contributed by atoms with Crippen molar-refractivity contribution in [3.05, 3.63) is 110 Å². The van der Waals surface area contributed by atoms with Crippen molar-refractivity contribution < 1.29 is 39.9 Å². The van der Waals surface area contributed by atoms with Crippen molar-refractivity contribution >= 4 is 46.2 Å². The number of fused-ring (bicyclic) bond motifs is 2. The number of amides is 1. The lowest BCUT2D eigenvalue weighted by Gasteiger charge is -2.24. The highest BCUT2D eigenvalue weighted by Gasteiger charge is 2.51. The second-order valence-electron chi connectivity index (χ2n) is 13.3. The molecule has 4 heterocycles. The number of hydrogen-bond donors (Lipinski definition) is 2. The van der Waals surface area contributed by atoms with E-state index in [0.29, 0.717) is 10.7 Å². The Bertz CT molecular complexity index is 2570. The molecule has 0 saturated heterocycles. The molecule has 2 atom stereocenters. The van der Waals surface area contributed by atoms with Gasteiger partial charge in [0.25, 0.3) is 24.3 Å². The van der Waals surface area contributed by atoms with Crippen LogP contribution in [0.5, 0.6) is 0 Å². The largest absolute Gasteiger partial charge is 0.344 e. The van der Waals surface area contributed by atoms with E-state index in [9.17, 15) is 35.9 Å². The number of nitrogens with zero attached hydrogens (tertiary/aromatic N) is 8. The Kier molecular flexibility index (Phi) is 11.2. The summed E-state index contributed by atoms with van der Waals surface area (Å²) in [5, 5.41) is 10.7. The van der Waals surface area contributed by atoms with Crippen molar-refractivity contribution in [3.63, 3.8) is 0 Å². The van der Waals surface area contributed by atoms with Gasteiger partial charge in [-0.3, -0.25) is 23.5 Å². The molecule has 12 nitrogen and oxygen atoms in total. The lowest BCUT2D eigenvalue weighted by atomic mass is 10.0. The molecule has 0 radical (unpaired) electrons. The van der Waals surface area contributed by atoms with Crippen LogP contribution >= 0.6 is 23.5 Å². The number of halogens is 9. The molecule has 304 valence electrons. The summed E-state index contributed by atoms with van der Waals surface area (Å²) in [6.07, 6.45) is -2.78. The van der Waals surface area contributed by atoms with E-state index in [1.165, 1.54) is 37.5 Å². The van der Waals surface area contributed by atoms with Gasteiger partial charge < -0.3 is 10.0 Å². The van der Waals surface area contributed by atoms with Gasteiger partial charge in [-0.05, 0) is 42.3 Å². The highest BCUT2D eigenvalue weighted by molar-refractivity contribution is 7.99. The molecule has 58 heavy (non-hydrogen) atoms. The molecule has 0 saturated carbocycles. The smallest absolute Gasteiger partial charge is 0.292 e. The van der Waals surface area contributed by atoms with Crippen LogP contribution in [0.15, 0.2) is 59.7 Å². The molecule has 0 bridgehead atoms. The number of rotatable bonds is 13. The second-order valence-corrected chi connectivity index (χ2v) is 14.3. The van der Waals surface area contributed by atoms with E-state index < -0.39 is 91.2 Å². The van der Waals surface area contributed by atoms with Crippen LogP contribution in [0.4, 0.5) is 40.9 Å². The van der Waals surface area contributed by atoms with Crippen LogP contribution in [0.25, 0.3) is 28.1 Å². The maximum absolute atomic E-state index is 15.4. The molecule has 4 aromatic heterocycles. The molecule has 0 spiro atoms. The van der Waals surface area contributed by atoms with E-state index in [1.807, 2.05) is 0 Å². The lowest BCUT2D eigenvalue weighted by molar-refractivity contribution is -0.123. The second kappa shape index (κ2) is 16.0. The average Bonchev–Trinajstić information content (AvgIpc) is 3.77. The normalized spacial score (nSPS) is 15.4. The molecule has 0 fully saturated rings. The van der Waals surface area contributed by atoms with Crippen LogP contribution in [0.2, 0.25) is 5.02 Å². The molecule has 1 aliphatic carbocycles. The summed E-state index contributed by atoms with van der Waals surface area (Å²) in [7, 11) is 0. The van der Waals surface area contributed by atoms with Gasteiger partial charge in [-0.15, -0.1) is 0 Å². The fourth-order valence-electron chi connectivity index (χ4n) is 6.99. The van der Waals surface area contributed by atoms with Crippen molar-refractivity contribution in [1.82, 2.24) is 44.4 Å². The molecule has 1 aliphatic rings. The summed E-state index contributed by atoms with van der Waals surface area (Å²) in [4.78, 5) is 41.3. The van der Waals surface area contributed by atoms with Gasteiger partial charge >= 0.3 is 0 Å². The number of nitrogens with one attached hydrogen (secondary N) is 2. The predicted molar refractivity (Wildman–Crippen MR) is 197 cm³/mol. The number of hydrogen-bond acceptors (Lipinski definition) is 9. The highest BCUT2D eigenvalue weighted by Crippen LogP contribution is 2.48. The van der Waals surface area contributed by atoms with E-state index in [0.717, 1.165) is 39.4 Å². The number of aromatic nitrogens is 8. The minimum Gasteiger partial charge on any atom is -0.344 e. The zero-order valence-electron chi connectivity index (χ0n) is 30.0. The minimum absolute atomic E-state index is 0.0498. The molecule has 6 aromatic rings.